The van der Waals surface area contributed by atoms with Gasteiger partial charge in [0.05, 0.1) is 0 Å². The van der Waals surface area contributed by atoms with Crippen molar-refractivity contribution in [1.82, 2.24) is 0 Å². The highest BCUT2D eigenvalue weighted by Gasteiger charge is 2.00. The number of hydrogen-bond donors (Lipinski definition) is 1. The smallest absolute Gasteiger partial charge is 0.185 e. The maximum Gasteiger partial charge on any atom is 0.185 e. The van der Waals surface area contributed by atoms with Gasteiger partial charge in [0.15, 0.2) is 5.78 Å². The summed E-state index contributed by atoms with van der Waals surface area (Å²) in [7, 11) is 0. The van der Waals surface area contributed by atoms with Gasteiger partial charge in [-0.2, -0.15) is 0 Å². The number of benzene rings is 2. The Labute approximate surface area is 111 Å². The van der Waals surface area contributed by atoms with Crippen molar-refractivity contribution >= 4 is 29.1 Å². The second-order valence-corrected chi connectivity index (χ2v) is 4.31. The normalized spacial score (nSPS) is 10.7. The molecule has 0 aliphatic carbocycles. The molecule has 0 saturated carbocycles. The highest BCUT2D eigenvalue weighted by Crippen LogP contribution is 2.12. The van der Waals surface area contributed by atoms with Gasteiger partial charge in [0, 0.05) is 16.3 Å². The molecule has 90 valence electrons. The largest absolute Gasteiger partial charge is 0.399 e. The molecule has 0 amide bonds. The maximum atomic E-state index is 11.9. The van der Waals surface area contributed by atoms with E-state index in [1.807, 2.05) is 18.2 Å². The molecule has 3 heteroatoms. The van der Waals surface area contributed by atoms with Crippen LogP contribution in [0.25, 0.3) is 6.08 Å². The number of halogens is 1. The van der Waals surface area contributed by atoms with Crippen LogP contribution in [-0.4, -0.2) is 5.78 Å². The van der Waals surface area contributed by atoms with Gasteiger partial charge in [-0.3, -0.25) is 4.79 Å². The third-order valence-electron chi connectivity index (χ3n) is 2.47. The van der Waals surface area contributed by atoms with Crippen molar-refractivity contribution < 1.29 is 4.79 Å². The summed E-state index contributed by atoms with van der Waals surface area (Å²) in [5.41, 5.74) is 7.85. The van der Waals surface area contributed by atoms with Crippen molar-refractivity contribution in [1.29, 1.82) is 0 Å². The molecule has 2 N–H and O–H groups in total. The fourth-order valence-electron chi connectivity index (χ4n) is 1.54. The molecule has 18 heavy (non-hydrogen) atoms. The van der Waals surface area contributed by atoms with E-state index in [2.05, 4.69) is 0 Å². The fourth-order valence-corrected chi connectivity index (χ4v) is 1.67. The van der Waals surface area contributed by atoms with Gasteiger partial charge in [-0.1, -0.05) is 29.8 Å². The van der Waals surface area contributed by atoms with Gasteiger partial charge in [-0.25, -0.2) is 0 Å². The van der Waals surface area contributed by atoms with Gasteiger partial charge >= 0.3 is 0 Å². The quantitative estimate of drug-likeness (QED) is 0.516. The molecule has 0 fully saturated rings. The van der Waals surface area contributed by atoms with E-state index in [0.29, 0.717) is 16.3 Å². The lowest BCUT2D eigenvalue weighted by Gasteiger charge is -1.97. The van der Waals surface area contributed by atoms with Crippen LogP contribution in [0.4, 0.5) is 5.69 Å². The average molecular weight is 258 g/mol. The first-order chi connectivity index (χ1) is 8.65. The molecule has 0 bridgehead atoms. The van der Waals surface area contributed by atoms with Crippen LogP contribution in [0.15, 0.2) is 54.6 Å². The van der Waals surface area contributed by atoms with Crippen LogP contribution in [0.2, 0.25) is 5.02 Å². The first-order valence-electron chi connectivity index (χ1n) is 5.49. The molecule has 0 aliphatic rings. The van der Waals surface area contributed by atoms with E-state index in [0.717, 1.165) is 5.56 Å². The van der Waals surface area contributed by atoms with Crippen molar-refractivity contribution in [2.24, 2.45) is 0 Å². The Morgan fingerprint density at radius 2 is 1.83 bits per heavy atom. The van der Waals surface area contributed by atoms with Crippen molar-refractivity contribution in [3.63, 3.8) is 0 Å². The number of rotatable bonds is 3. The van der Waals surface area contributed by atoms with Crippen LogP contribution < -0.4 is 5.73 Å². The average Bonchev–Trinajstić information content (AvgIpc) is 2.37. The van der Waals surface area contributed by atoms with Gasteiger partial charge in [-0.05, 0) is 48.0 Å². The van der Waals surface area contributed by atoms with Crippen LogP contribution in [0.5, 0.6) is 0 Å². The van der Waals surface area contributed by atoms with Crippen LogP contribution in [-0.2, 0) is 0 Å². The van der Waals surface area contributed by atoms with Gasteiger partial charge in [-0.15, -0.1) is 0 Å². The Hall–Kier alpha value is -2.06. The molecule has 2 nitrogen and oxygen atoms in total. The summed E-state index contributed by atoms with van der Waals surface area (Å²) in [6.07, 6.45) is 3.27. The molecule has 2 rings (SSSR count). The minimum Gasteiger partial charge on any atom is -0.399 e. The van der Waals surface area contributed by atoms with Crippen LogP contribution in [0, 0.1) is 0 Å². The Kier molecular flexibility index (Phi) is 3.80. The first kappa shape index (κ1) is 12.4. The van der Waals surface area contributed by atoms with E-state index >= 15 is 0 Å². The SMILES string of the molecule is Nc1cccc(/C=C/C(=O)c2ccc(Cl)cc2)c1. The lowest BCUT2D eigenvalue weighted by Crippen LogP contribution is -1.93. The maximum absolute atomic E-state index is 11.9. The first-order valence-corrected chi connectivity index (χ1v) is 5.86. The van der Waals surface area contributed by atoms with Crippen molar-refractivity contribution in [3.05, 3.63) is 70.8 Å². The Bertz CT molecular complexity index is 588. The number of carbonyl (C=O) groups is 1. The molecule has 0 aromatic heterocycles. The fraction of sp³-hybridized carbons (Fsp3) is 0. The summed E-state index contributed by atoms with van der Waals surface area (Å²) in [4.78, 5) is 11.9. The lowest BCUT2D eigenvalue weighted by atomic mass is 10.1. The van der Waals surface area contributed by atoms with E-state index in [1.165, 1.54) is 6.08 Å². The number of nitrogen functional groups attached to an aromatic ring is 1. The molecule has 2 aromatic carbocycles. The molecule has 0 radical (unpaired) electrons. The summed E-state index contributed by atoms with van der Waals surface area (Å²) in [5.74, 6) is -0.0610. The summed E-state index contributed by atoms with van der Waals surface area (Å²) in [5, 5.41) is 0.617. The van der Waals surface area contributed by atoms with Crippen LogP contribution >= 0.6 is 11.6 Å². The molecular weight excluding hydrogens is 246 g/mol. The van der Waals surface area contributed by atoms with Gasteiger partial charge in [0.1, 0.15) is 0 Å². The number of ketones is 1. The third kappa shape index (κ3) is 3.22. The van der Waals surface area contributed by atoms with Gasteiger partial charge < -0.3 is 5.73 Å². The molecule has 0 aliphatic heterocycles. The molecule has 0 atom stereocenters. The van der Waals surface area contributed by atoms with Crippen molar-refractivity contribution in [2.45, 2.75) is 0 Å². The second kappa shape index (κ2) is 5.52. The third-order valence-corrected chi connectivity index (χ3v) is 2.72. The summed E-state index contributed by atoms with van der Waals surface area (Å²) in [6, 6.07) is 14.2. The van der Waals surface area contributed by atoms with Crippen LogP contribution in [0.3, 0.4) is 0 Å². The van der Waals surface area contributed by atoms with Crippen molar-refractivity contribution in [2.75, 3.05) is 5.73 Å². The zero-order valence-electron chi connectivity index (χ0n) is 9.64. The minimum atomic E-state index is -0.0610. The van der Waals surface area contributed by atoms with E-state index in [4.69, 9.17) is 17.3 Å². The van der Waals surface area contributed by atoms with E-state index in [1.54, 1.807) is 36.4 Å². The zero-order valence-corrected chi connectivity index (χ0v) is 10.4. The second-order valence-electron chi connectivity index (χ2n) is 3.87. The number of hydrogen-bond acceptors (Lipinski definition) is 2. The standard InChI is InChI=1S/C15H12ClNO/c16-13-7-5-12(6-8-13)15(18)9-4-11-2-1-3-14(17)10-11/h1-10H,17H2/b9-4+. The molecule has 0 heterocycles. The van der Waals surface area contributed by atoms with E-state index in [9.17, 15) is 4.79 Å². The minimum absolute atomic E-state index is 0.0610. The number of allylic oxidation sites excluding steroid dienone is 1. The molecular formula is C15H12ClNO. The number of nitrogens with two attached hydrogens (primary N) is 1. The molecule has 0 unspecified atom stereocenters. The highest BCUT2D eigenvalue weighted by atomic mass is 35.5. The zero-order chi connectivity index (χ0) is 13.0. The predicted molar refractivity (Wildman–Crippen MR) is 75.7 cm³/mol. The molecule has 0 saturated heterocycles. The van der Waals surface area contributed by atoms with Gasteiger partial charge in [0.25, 0.3) is 0 Å². The lowest BCUT2D eigenvalue weighted by molar-refractivity contribution is 0.104. The van der Waals surface area contributed by atoms with Gasteiger partial charge in [0.2, 0.25) is 0 Å². The summed E-state index contributed by atoms with van der Waals surface area (Å²) >= 11 is 5.76. The molecule has 0 spiro atoms. The summed E-state index contributed by atoms with van der Waals surface area (Å²) in [6.45, 7) is 0. The highest BCUT2D eigenvalue weighted by molar-refractivity contribution is 6.30. The number of anilines is 1. The predicted octanol–water partition coefficient (Wildman–Crippen LogP) is 3.82. The summed E-state index contributed by atoms with van der Waals surface area (Å²) < 4.78 is 0. The van der Waals surface area contributed by atoms with Crippen molar-refractivity contribution in [3.8, 4) is 0 Å². The monoisotopic (exact) mass is 257 g/mol. The Morgan fingerprint density at radius 3 is 2.50 bits per heavy atom. The van der Waals surface area contributed by atoms with E-state index in [-0.39, 0.29) is 5.78 Å². The topological polar surface area (TPSA) is 43.1 Å². The van der Waals surface area contributed by atoms with E-state index < -0.39 is 0 Å². The van der Waals surface area contributed by atoms with Crippen LogP contribution in [0.1, 0.15) is 15.9 Å². The Balaban J connectivity index is 2.14. The molecule has 2 aromatic rings. The number of carbonyl (C=O) groups excluding carboxylic acids is 1. The Morgan fingerprint density at radius 1 is 1.11 bits per heavy atom.